The van der Waals surface area contributed by atoms with Crippen molar-refractivity contribution in [3.8, 4) is 0 Å². The molecule has 2 aromatic carbocycles. The summed E-state index contributed by atoms with van der Waals surface area (Å²) in [5.41, 5.74) is 0.894. The Kier molecular flexibility index (Phi) is 6.65. The topological polar surface area (TPSA) is 69.7 Å². The van der Waals surface area contributed by atoms with Gasteiger partial charge in [-0.1, -0.05) is 56.5 Å². The largest absolute Gasteiger partial charge is 0.352 e. The van der Waals surface area contributed by atoms with Crippen LogP contribution in [-0.4, -0.2) is 39.8 Å². The van der Waals surface area contributed by atoms with Crippen molar-refractivity contribution in [1.29, 1.82) is 0 Å². The number of carbonyl (C=O) groups is 3. The van der Waals surface area contributed by atoms with Gasteiger partial charge in [0.15, 0.2) is 0 Å². The highest BCUT2D eigenvalue weighted by Gasteiger charge is 2.43. The molecule has 0 saturated heterocycles. The fourth-order valence-electron chi connectivity index (χ4n) is 4.61. The lowest BCUT2D eigenvalue weighted by atomic mass is 9.95. The maximum Gasteiger partial charge on any atom is 0.276 e. The molecule has 0 aromatic heterocycles. The Morgan fingerprint density at radius 3 is 2.22 bits per heavy atom. The van der Waals surface area contributed by atoms with Gasteiger partial charge in [0.05, 0.1) is 11.1 Å². The van der Waals surface area contributed by atoms with Crippen LogP contribution >= 0.6 is 0 Å². The number of imide groups is 1. The molecule has 1 saturated carbocycles. The van der Waals surface area contributed by atoms with Crippen molar-refractivity contribution in [2.24, 2.45) is 0 Å². The van der Waals surface area contributed by atoms with Crippen molar-refractivity contribution in [2.45, 2.75) is 64.1 Å². The zero-order valence-corrected chi connectivity index (χ0v) is 18.2. The Morgan fingerprint density at radius 2 is 1.62 bits per heavy atom. The van der Waals surface area contributed by atoms with E-state index >= 15 is 0 Å². The number of hydrogen-bond donors (Lipinski definition) is 1. The number of hydrazine groups is 1. The molecule has 1 atom stereocenters. The van der Waals surface area contributed by atoms with Crippen molar-refractivity contribution in [3.05, 3.63) is 71.0 Å². The van der Waals surface area contributed by atoms with E-state index in [1.54, 1.807) is 42.5 Å². The average Bonchev–Trinajstić information content (AvgIpc) is 3.06. The van der Waals surface area contributed by atoms with Crippen LogP contribution in [-0.2, 0) is 11.3 Å². The number of hydrogen-bond acceptors (Lipinski definition) is 4. The summed E-state index contributed by atoms with van der Waals surface area (Å²) in [7, 11) is 0. The average molecular weight is 438 g/mol. The lowest BCUT2D eigenvalue weighted by Gasteiger charge is -2.36. The second kappa shape index (κ2) is 9.61. The lowest BCUT2D eigenvalue weighted by molar-refractivity contribution is -0.133. The summed E-state index contributed by atoms with van der Waals surface area (Å²) in [6.45, 7) is 1.76. The monoisotopic (exact) mass is 437 g/mol. The zero-order chi connectivity index (χ0) is 22.7. The number of rotatable bonds is 7. The summed E-state index contributed by atoms with van der Waals surface area (Å²) in [5.74, 6) is -1.68. The molecular weight excluding hydrogens is 409 g/mol. The van der Waals surface area contributed by atoms with Crippen LogP contribution in [0.5, 0.6) is 0 Å². The smallest absolute Gasteiger partial charge is 0.276 e. The molecule has 2 aliphatic rings. The predicted molar refractivity (Wildman–Crippen MR) is 118 cm³/mol. The van der Waals surface area contributed by atoms with Gasteiger partial charge >= 0.3 is 0 Å². The molecule has 1 unspecified atom stereocenters. The van der Waals surface area contributed by atoms with Crippen molar-refractivity contribution in [1.82, 2.24) is 15.3 Å². The first kappa shape index (κ1) is 22.1. The first-order valence-corrected chi connectivity index (χ1v) is 11.3. The van der Waals surface area contributed by atoms with E-state index in [2.05, 4.69) is 5.32 Å². The normalized spacial score (nSPS) is 17.5. The van der Waals surface area contributed by atoms with Crippen LogP contribution in [0.3, 0.4) is 0 Å². The van der Waals surface area contributed by atoms with Crippen molar-refractivity contribution >= 4 is 17.7 Å². The Labute approximate surface area is 187 Å². The Morgan fingerprint density at radius 1 is 1.03 bits per heavy atom. The standard InChI is InChI=1S/C25H28FN3O3/c1-2-22(23(30)27-18-11-4-3-5-12-18)28(16-17-10-6-9-15-21(17)26)29-24(31)19-13-7-8-14-20(19)25(29)32/h6-10,13-15,18,22H,2-5,11-12,16H2,1H3,(H,27,30). The minimum Gasteiger partial charge on any atom is -0.352 e. The summed E-state index contributed by atoms with van der Waals surface area (Å²) in [6.07, 6.45) is 5.50. The summed E-state index contributed by atoms with van der Waals surface area (Å²) < 4.78 is 14.5. The third-order valence-electron chi connectivity index (χ3n) is 6.32. The van der Waals surface area contributed by atoms with Crippen LogP contribution in [0, 0.1) is 5.82 Å². The number of fused-ring (bicyclic) bond motifs is 1. The van der Waals surface area contributed by atoms with Gasteiger partial charge < -0.3 is 5.32 Å². The molecule has 4 rings (SSSR count). The molecule has 0 radical (unpaired) electrons. The van der Waals surface area contributed by atoms with Gasteiger partial charge in [-0.25, -0.2) is 9.40 Å². The molecule has 0 bridgehead atoms. The first-order valence-electron chi connectivity index (χ1n) is 11.3. The quantitative estimate of drug-likeness (QED) is 0.663. The molecule has 2 aromatic rings. The number of nitrogens with one attached hydrogen (secondary N) is 1. The SMILES string of the molecule is CCC(C(=O)NC1CCCCC1)N(Cc1ccccc1F)N1C(=O)c2ccccc2C1=O. The zero-order valence-electron chi connectivity index (χ0n) is 18.2. The molecule has 1 N–H and O–H groups in total. The minimum atomic E-state index is -0.793. The van der Waals surface area contributed by atoms with Crippen molar-refractivity contribution < 1.29 is 18.8 Å². The number of nitrogens with zero attached hydrogens (tertiary/aromatic N) is 2. The van der Waals surface area contributed by atoms with Crippen LogP contribution in [0.2, 0.25) is 0 Å². The summed E-state index contributed by atoms with van der Waals surface area (Å²) in [5, 5.41) is 5.55. The minimum absolute atomic E-state index is 0.0747. The number of amides is 3. The second-order valence-electron chi connectivity index (χ2n) is 8.42. The maximum absolute atomic E-state index is 14.5. The lowest BCUT2D eigenvalue weighted by Crippen LogP contribution is -2.57. The van der Waals surface area contributed by atoms with Gasteiger partial charge in [0.2, 0.25) is 5.91 Å². The van der Waals surface area contributed by atoms with E-state index in [1.165, 1.54) is 11.1 Å². The van der Waals surface area contributed by atoms with Crippen molar-refractivity contribution in [3.63, 3.8) is 0 Å². The van der Waals surface area contributed by atoms with Crippen LogP contribution in [0.15, 0.2) is 48.5 Å². The fraction of sp³-hybridized carbons (Fsp3) is 0.400. The van der Waals surface area contributed by atoms with E-state index in [1.807, 2.05) is 6.92 Å². The first-order chi connectivity index (χ1) is 15.5. The molecule has 0 spiro atoms. The number of carbonyl (C=O) groups excluding carboxylic acids is 3. The van der Waals surface area contributed by atoms with Gasteiger partial charge in [-0.15, -0.1) is 0 Å². The Bertz CT molecular complexity index is 984. The molecule has 1 heterocycles. The van der Waals surface area contributed by atoms with Gasteiger partial charge in [-0.05, 0) is 37.5 Å². The summed E-state index contributed by atoms with van der Waals surface area (Å²) >= 11 is 0. The third kappa shape index (κ3) is 4.30. The van der Waals surface area contributed by atoms with Gasteiger partial charge in [-0.2, -0.15) is 5.01 Å². The van der Waals surface area contributed by atoms with Crippen LogP contribution in [0.1, 0.15) is 71.7 Å². The summed E-state index contributed by atoms with van der Waals surface area (Å²) in [4.78, 5) is 39.7. The molecule has 1 fully saturated rings. The Balaban J connectivity index is 1.67. The Hall–Kier alpha value is -3.06. The highest BCUT2D eigenvalue weighted by atomic mass is 19.1. The van der Waals surface area contributed by atoms with Crippen LogP contribution in [0.25, 0.3) is 0 Å². The molecule has 1 aliphatic heterocycles. The molecule has 6 nitrogen and oxygen atoms in total. The molecule has 3 amide bonds. The highest BCUT2D eigenvalue weighted by Crippen LogP contribution is 2.28. The maximum atomic E-state index is 14.5. The van der Waals surface area contributed by atoms with Gasteiger partial charge in [0, 0.05) is 18.2 Å². The van der Waals surface area contributed by atoms with E-state index in [0.29, 0.717) is 23.1 Å². The van der Waals surface area contributed by atoms with Gasteiger partial charge in [0.1, 0.15) is 11.9 Å². The van der Waals surface area contributed by atoms with E-state index in [0.717, 1.165) is 37.1 Å². The van der Waals surface area contributed by atoms with E-state index in [4.69, 9.17) is 0 Å². The van der Waals surface area contributed by atoms with E-state index in [-0.39, 0.29) is 18.5 Å². The highest BCUT2D eigenvalue weighted by molar-refractivity contribution is 6.21. The molecule has 7 heteroatoms. The van der Waals surface area contributed by atoms with E-state index in [9.17, 15) is 18.8 Å². The molecular formula is C25H28FN3O3. The number of halogens is 1. The predicted octanol–water partition coefficient (Wildman–Crippen LogP) is 4.07. The van der Waals surface area contributed by atoms with Gasteiger partial charge in [0.25, 0.3) is 11.8 Å². The van der Waals surface area contributed by atoms with Crippen molar-refractivity contribution in [2.75, 3.05) is 0 Å². The number of benzene rings is 2. The molecule has 32 heavy (non-hydrogen) atoms. The summed E-state index contributed by atoms with van der Waals surface area (Å²) in [6, 6.07) is 12.1. The molecule has 168 valence electrons. The van der Waals surface area contributed by atoms with Crippen LogP contribution in [0.4, 0.5) is 4.39 Å². The second-order valence-corrected chi connectivity index (χ2v) is 8.42. The molecule has 1 aliphatic carbocycles. The van der Waals surface area contributed by atoms with Gasteiger partial charge in [-0.3, -0.25) is 14.4 Å². The third-order valence-corrected chi connectivity index (χ3v) is 6.32. The van der Waals surface area contributed by atoms with E-state index < -0.39 is 23.7 Å². The van der Waals surface area contributed by atoms with Crippen LogP contribution < -0.4 is 5.32 Å². The fourth-order valence-corrected chi connectivity index (χ4v) is 4.61.